The molecule has 1 amide bonds. The Balaban J connectivity index is 2.86. The van der Waals surface area contributed by atoms with Gasteiger partial charge in [0.05, 0.1) is 11.1 Å². The molecule has 0 aliphatic carbocycles. The van der Waals surface area contributed by atoms with Gasteiger partial charge in [-0.05, 0) is 67.4 Å². The fourth-order valence-electron chi connectivity index (χ4n) is 1.84. The first-order chi connectivity index (χ1) is 9.97. The maximum atomic E-state index is 11.7. The van der Waals surface area contributed by atoms with Crippen molar-refractivity contribution in [2.24, 2.45) is 5.73 Å². The number of benzene rings is 1. The molecule has 0 aromatic heterocycles. The second-order valence-corrected chi connectivity index (χ2v) is 5.74. The van der Waals surface area contributed by atoms with Crippen LogP contribution in [-0.2, 0) is 11.2 Å². The summed E-state index contributed by atoms with van der Waals surface area (Å²) in [7, 11) is 0. The Hall–Kier alpha value is -1.27. The summed E-state index contributed by atoms with van der Waals surface area (Å²) >= 11 is 3.46. The van der Waals surface area contributed by atoms with Crippen molar-refractivity contribution >= 4 is 21.8 Å². The Morgan fingerprint density at radius 3 is 2.67 bits per heavy atom. The lowest BCUT2D eigenvalue weighted by Crippen LogP contribution is -2.34. The van der Waals surface area contributed by atoms with Crippen molar-refractivity contribution in [2.45, 2.75) is 33.2 Å². The third-order valence-corrected chi connectivity index (χ3v) is 3.19. The summed E-state index contributed by atoms with van der Waals surface area (Å²) in [6, 6.07) is 3.92. The molecule has 0 atom stereocenters. The Morgan fingerprint density at radius 2 is 2.10 bits per heavy atom. The van der Waals surface area contributed by atoms with Gasteiger partial charge in [-0.2, -0.15) is 0 Å². The highest BCUT2D eigenvalue weighted by Crippen LogP contribution is 2.37. The number of carbonyl (C=O) groups is 1. The minimum Gasteiger partial charge on any atom is -0.490 e. The molecule has 0 radical (unpaired) electrons. The molecule has 0 saturated carbocycles. The maximum absolute atomic E-state index is 11.7. The highest BCUT2D eigenvalue weighted by Gasteiger charge is 2.14. The Labute approximate surface area is 134 Å². The zero-order valence-corrected chi connectivity index (χ0v) is 14.3. The first-order valence-corrected chi connectivity index (χ1v) is 7.84. The van der Waals surface area contributed by atoms with Crippen molar-refractivity contribution < 1.29 is 14.3 Å². The van der Waals surface area contributed by atoms with Crippen LogP contribution in [0.4, 0.5) is 0 Å². The second-order valence-electron chi connectivity index (χ2n) is 4.89. The molecule has 3 N–H and O–H groups in total. The van der Waals surface area contributed by atoms with Crippen molar-refractivity contribution in [1.29, 1.82) is 0 Å². The summed E-state index contributed by atoms with van der Waals surface area (Å²) in [5, 5.41) is 2.78. The normalized spacial score (nSPS) is 10.6. The highest BCUT2D eigenvalue weighted by atomic mass is 79.9. The number of halogens is 1. The average molecular weight is 359 g/mol. The van der Waals surface area contributed by atoms with Crippen molar-refractivity contribution in [1.82, 2.24) is 5.32 Å². The Kier molecular flexibility index (Phi) is 7.53. The first-order valence-electron chi connectivity index (χ1n) is 7.05. The van der Waals surface area contributed by atoms with E-state index in [0.717, 1.165) is 16.5 Å². The molecule has 0 aliphatic heterocycles. The summed E-state index contributed by atoms with van der Waals surface area (Å²) in [6.07, 6.45) is 0.757. The SMILES string of the molecule is CCOc1cc(CCN)cc(Br)c1OCC(=O)NC(C)C. The van der Waals surface area contributed by atoms with Gasteiger partial charge in [-0.1, -0.05) is 0 Å². The van der Waals surface area contributed by atoms with E-state index in [4.69, 9.17) is 15.2 Å². The lowest BCUT2D eigenvalue weighted by molar-refractivity contribution is -0.123. The van der Waals surface area contributed by atoms with Crippen LogP contribution in [0.2, 0.25) is 0 Å². The summed E-state index contributed by atoms with van der Waals surface area (Å²) < 4.78 is 12.0. The lowest BCUT2D eigenvalue weighted by Gasteiger charge is -2.16. The predicted octanol–water partition coefficient (Wildman–Crippen LogP) is 2.25. The van der Waals surface area contributed by atoms with Crippen molar-refractivity contribution in [2.75, 3.05) is 19.8 Å². The molecule has 0 spiro atoms. The van der Waals surface area contributed by atoms with Gasteiger partial charge in [-0.25, -0.2) is 0 Å². The second kappa shape index (κ2) is 8.89. The third-order valence-electron chi connectivity index (χ3n) is 2.60. The number of nitrogens with one attached hydrogen (secondary N) is 1. The molecule has 6 heteroatoms. The van der Waals surface area contributed by atoms with E-state index in [1.165, 1.54) is 0 Å². The monoisotopic (exact) mass is 358 g/mol. The zero-order valence-electron chi connectivity index (χ0n) is 12.7. The molecule has 1 aromatic carbocycles. The summed E-state index contributed by atoms with van der Waals surface area (Å²) in [5.41, 5.74) is 6.64. The molecular weight excluding hydrogens is 336 g/mol. The first kappa shape index (κ1) is 17.8. The fourth-order valence-corrected chi connectivity index (χ4v) is 2.44. The summed E-state index contributed by atoms with van der Waals surface area (Å²) in [5.74, 6) is 0.995. The molecule has 118 valence electrons. The van der Waals surface area contributed by atoms with Gasteiger partial charge in [0.1, 0.15) is 0 Å². The average Bonchev–Trinajstić information content (AvgIpc) is 2.37. The van der Waals surface area contributed by atoms with Crippen LogP contribution in [0.25, 0.3) is 0 Å². The number of nitrogens with two attached hydrogens (primary N) is 1. The fraction of sp³-hybridized carbons (Fsp3) is 0.533. The van der Waals surface area contributed by atoms with Gasteiger partial charge < -0.3 is 20.5 Å². The van der Waals surface area contributed by atoms with E-state index >= 15 is 0 Å². The molecule has 5 nitrogen and oxygen atoms in total. The van der Waals surface area contributed by atoms with Crippen LogP contribution in [0, 0.1) is 0 Å². The predicted molar refractivity (Wildman–Crippen MR) is 86.8 cm³/mol. The molecule has 0 unspecified atom stereocenters. The number of rotatable bonds is 8. The van der Waals surface area contributed by atoms with Gasteiger partial charge in [-0.15, -0.1) is 0 Å². The van der Waals surface area contributed by atoms with Crippen molar-refractivity contribution in [3.05, 3.63) is 22.2 Å². The maximum Gasteiger partial charge on any atom is 0.258 e. The van der Waals surface area contributed by atoms with Crippen LogP contribution in [0.15, 0.2) is 16.6 Å². The minimum atomic E-state index is -0.162. The van der Waals surface area contributed by atoms with Crippen LogP contribution in [-0.4, -0.2) is 31.7 Å². The van der Waals surface area contributed by atoms with Gasteiger partial charge in [0.15, 0.2) is 18.1 Å². The molecule has 0 aliphatic rings. The summed E-state index contributed by atoms with van der Waals surface area (Å²) in [6.45, 7) is 6.75. The van der Waals surface area contributed by atoms with E-state index in [9.17, 15) is 4.79 Å². The molecule has 0 fully saturated rings. The van der Waals surface area contributed by atoms with E-state index in [1.807, 2.05) is 32.9 Å². The molecule has 1 rings (SSSR count). The van der Waals surface area contributed by atoms with Crippen LogP contribution in [0.1, 0.15) is 26.3 Å². The number of hydrogen-bond acceptors (Lipinski definition) is 4. The molecular formula is C15H23BrN2O3. The van der Waals surface area contributed by atoms with Crippen LogP contribution >= 0.6 is 15.9 Å². The summed E-state index contributed by atoms with van der Waals surface area (Å²) in [4.78, 5) is 11.7. The molecule has 0 heterocycles. The van der Waals surface area contributed by atoms with Gasteiger partial charge >= 0.3 is 0 Å². The van der Waals surface area contributed by atoms with Gasteiger partial charge in [0, 0.05) is 6.04 Å². The molecule has 1 aromatic rings. The van der Waals surface area contributed by atoms with E-state index in [-0.39, 0.29) is 18.6 Å². The number of ether oxygens (including phenoxy) is 2. The quantitative estimate of drug-likeness (QED) is 0.747. The van der Waals surface area contributed by atoms with E-state index < -0.39 is 0 Å². The van der Waals surface area contributed by atoms with E-state index in [0.29, 0.717) is 24.7 Å². The number of hydrogen-bond donors (Lipinski definition) is 2. The van der Waals surface area contributed by atoms with Gasteiger partial charge in [0.25, 0.3) is 5.91 Å². The molecule has 0 bridgehead atoms. The molecule has 0 saturated heterocycles. The standard InChI is InChI=1S/C15H23BrN2O3/c1-4-20-13-8-11(5-6-17)7-12(16)15(13)21-9-14(19)18-10(2)3/h7-8,10H,4-6,9,17H2,1-3H3,(H,18,19). The van der Waals surface area contributed by atoms with E-state index in [1.54, 1.807) is 0 Å². The van der Waals surface area contributed by atoms with E-state index in [2.05, 4.69) is 21.2 Å². The van der Waals surface area contributed by atoms with Gasteiger partial charge in [-0.3, -0.25) is 4.79 Å². The minimum absolute atomic E-state index is 0.0485. The smallest absolute Gasteiger partial charge is 0.258 e. The largest absolute Gasteiger partial charge is 0.490 e. The van der Waals surface area contributed by atoms with Crippen LogP contribution in [0.3, 0.4) is 0 Å². The molecule has 21 heavy (non-hydrogen) atoms. The third kappa shape index (κ3) is 5.93. The topological polar surface area (TPSA) is 73.6 Å². The van der Waals surface area contributed by atoms with Gasteiger partial charge in [0.2, 0.25) is 0 Å². The van der Waals surface area contributed by atoms with Crippen LogP contribution < -0.4 is 20.5 Å². The van der Waals surface area contributed by atoms with Crippen molar-refractivity contribution in [3.63, 3.8) is 0 Å². The highest BCUT2D eigenvalue weighted by molar-refractivity contribution is 9.10. The number of carbonyl (C=O) groups excluding carboxylic acids is 1. The Morgan fingerprint density at radius 1 is 1.38 bits per heavy atom. The zero-order chi connectivity index (χ0) is 15.8. The number of amides is 1. The lowest BCUT2D eigenvalue weighted by atomic mass is 10.1. The van der Waals surface area contributed by atoms with Crippen molar-refractivity contribution in [3.8, 4) is 11.5 Å². The van der Waals surface area contributed by atoms with Crippen LogP contribution in [0.5, 0.6) is 11.5 Å². The Bertz CT molecular complexity index is 478.